The molecule has 1 aromatic heterocycles. The molecule has 1 aliphatic heterocycles. The number of nitrogens with zero attached hydrogens (tertiary/aromatic N) is 1. The van der Waals surface area contributed by atoms with Gasteiger partial charge >= 0.3 is 0 Å². The van der Waals surface area contributed by atoms with Crippen LogP contribution in [0.1, 0.15) is 19.4 Å². The summed E-state index contributed by atoms with van der Waals surface area (Å²) < 4.78 is 11.8. The van der Waals surface area contributed by atoms with E-state index in [4.69, 9.17) is 15.2 Å². The lowest BCUT2D eigenvalue weighted by Crippen LogP contribution is -2.24. The van der Waals surface area contributed by atoms with Crippen molar-refractivity contribution in [3.8, 4) is 17.2 Å². The lowest BCUT2D eigenvalue weighted by atomic mass is 10.0. The van der Waals surface area contributed by atoms with E-state index in [0.717, 1.165) is 17.9 Å². The van der Waals surface area contributed by atoms with Gasteiger partial charge < -0.3 is 15.2 Å². The Hall–Kier alpha value is -2.23. The summed E-state index contributed by atoms with van der Waals surface area (Å²) in [7, 11) is 0. The average molecular weight is 256 g/mol. The molecule has 2 N–H and O–H groups in total. The molecule has 19 heavy (non-hydrogen) atoms. The first-order valence-corrected chi connectivity index (χ1v) is 6.24. The topological polar surface area (TPSA) is 57.4 Å². The maximum absolute atomic E-state index is 5.95. The summed E-state index contributed by atoms with van der Waals surface area (Å²) in [6.45, 7) is 4.14. The molecule has 98 valence electrons. The zero-order valence-corrected chi connectivity index (χ0v) is 11.0. The van der Waals surface area contributed by atoms with Crippen LogP contribution < -0.4 is 15.2 Å². The van der Waals surface area contributed by atoms with E-state index < -0.39 is 0 Å². The van der Waals surface area contributed by atoms with Gasteiger partial charge in [-0.25, -0.2) is 4.98 Å². The molecule has 0 atom stereocenters. The van der Waals surface area contributed by atoms with Gasteiger partial charge in [-0.3, -0.25) is 0 Å². The number of aromatic nitrogens is 1. The molecule has 0 saturated carbocycles. The molecule has 0 spiro atoms. The van der Waals surface area contributed by atoms with Crippen LogP contribution in [-0.4, -0.2) is 10.6 Å². The van der Waals surface area contributed by atoms with Crippen molar-refractivity contribution in [2.24, 2.45) is 0 Å². The Morgan fingerprint density at radius 2 is 2.11 bits per heavy atom. The molecule has 0 aliphatic carbocycles. The molecule has 0 unspecified atom stereocenters. The molecular formula is C15H16N2O2. The number of para-hydroxylation sites is 1. The maximum atomic E-state index is 5.95. The van der Waals surface area contributed by atoms with E-state index in [1.165, 1.54) is 5.56 Å². The minimum absolute atomic E-state index is 0.179. The van der Waals surface area contributed by atoms with Gasteiger partial charge in [0.25, 0.3) is 0 Å². The zero-order valence-electron chi connectivity index (χ0n) is 11.0. The predicted molar refractivity (Wildman–Crippen MR) is 73.6 cm³/mol. The van der Waals surface area contributed by atoms with Crippen LogP contribution in [0, 0.1) is 0 Å². The largest absolute Gasteiger partial charge is 0.483 e. The van der Waals surface area contributed by atoms with Crippen LogP contribution in [0.4, 0.5) is 5.82 Å². The highest BCUT2D eigenvalue weighted by Gasteiger charge is 2.32. The predicted octanol–water partition coefficient (Wildman–Crippen LogP) is 3.17. The average Bonchev–Trinajstić information content (AvgIpc) is 2.67. The smallest absolute Gasteiger partial charge is 0.169 e. The molecule has 4 heteroatoms. The van der Waals surface area contributed by atoms with E-state index in [1.54, 1.807) is 18.3 Å². The number of rotatable bonds is 2. The molecule has 0 saturated heterocycles. The Bertz CT molecular complexity index is 606. The Balaban J connectivity index is 1.91. The third kappa shape index (κ3) is 2.34. The van der Waals surface area contributed by atoms with Gasteiger partial charge in [0, 0.05) is 12.0 Å². The third-order valence-electron chi connectivity index (χ3n) is 3.04. The number of anilines is 1. The summed E-state index contributed by atoms with van der Waals surface area (Å²) in [5, 5.41) is 0. The number of nitrogens with two attached hydrogens (primary N) is 1. The first-order valence-electron chi connectivity index (χ1n) is 6.24. The van der Waals surface area contributed by atoms with Crippen molar-refractivity contribution in [1.29, 1.82) is 0 Å². The Morgan fingerprint density at radius 3 is 2.84 bits per heavy atom. The van der Waals surface area contributed by atoms with Gasteiger partial charge in [0.15, 0.2) is 11.5 Å². The van der Waals surface area contributed by atoms with Crippen LogP contribution >= 0.6 is 0 Å². The first-order chi connectivity index (χ1) is 9.03. The molecule has 2 aromatic rings. The molecule has 0 amide bonds. The normalized spacial score (nSPS) is 15.7. The summed E-state index contributed by atoms with van der Waals surface area (Å²) in [6.07, 6.45) is 2.49. The van der Waals surface area contributed by atoms with Crippen LogP contribution in [0.2, 0.25) is 0 Å². The molecule has 1 aliphatic rings. The number of nitrogen functional groups attached to an aromatic ring is 1. The van der Waals surface area contributed by atoms with Crippen LogP contribution in [0.15, 0.2) is 36.5 Å². The Kier molecular flexibility index (Phi) is 2.59. The fourth-order valence-electron chi connectivity index (χ4n) is 2.25. The lowest BCUT2D eigenvalue weighted by Gasteiger charge is -2.18. The lowest BCUT2D eigenvalue weighted by molar-refractivity contribution is 0.135. The highest BCUT2D eigenvalue weighted by atomic mass is 16.5. The molecule has 1 aromatic carbocycles. The van der Waals surface area contributed by atoms with Crippen molar-refractivity contribution < 1.29 is 9.47 Å². The quantitative estimate of drug-likeness (QED) is 0.896. The molecule has 3 rings (SSSR count). The number of ether oxygens (including phenoxy) is 2. The van der Waals surface area contributed by atoms with Crippen molar-refractivity contribution in [3.63, 3.8) is 0 Å². The fraction of sp³-hybridized carbons (Fsp3) is 0.267. The summed E-state index contributed by atoms with van der Waals surface area (Å²) in [6, 6.07) is 9.45. The molecular weight excluding hydrogens is 240 g/mol. The van der Waals surface area contributed by atoms with E-state index in [0.29, 0.717) is 11.6 Å². The number of hydrogen-bond acceptors (Lipinski definition) is 4. The Morgan fingerprint density at radius 1 is 1.26 bits per heavy atom. The van der Waals surface area contributed by atoms with E-state index >= 15 is 0 Å². The van der Waals surface area contributed by atoms with Crippen LogP contribution in [-0.2, 0) is 6.42 Å². The van der Waals surface area contributed by atoms with Crippen molar-refractivity contribution >= 4 is 5.82 Å². The van der Waals surface area contributed by atoms with Gasteiger partial charge in [-0.2, -0.15) is 0 Å². The van der Waals surface area contributed by atoms with Crippen molar-refractivity contribution in [2.75, 3.05) is 5.73 Å². The highest BCUT2D eigenvalue weighted by molar-refractivity contribution is 5.51. The molecule has 4 nitrogen and oxygen atoms in total. The van der Waals surface area contributed by atoms with Gasteiger partial charge in [0.05, 0.1) is 6.20 Å². The highest BCUT2D eigenvalue weighted by Crippen LogP contribution is 2.43. The zero-order chi connectivity index (χ0) is 13.5. The van der Waals surface area contributed by atoms with E-state index in [2.05, 4.69) is 24.9 Å². The third-order valence-corrected chi connectivity index (χ3v) is 3.04. The van der Waals surface area contributed by atoms with Gasteiger partial charge in [0.2, 0.25) is 0 Å². The second-order valence-electron chi connectivity index (χ2n) is 5.30. The van der Waals surface area contributed by atoms with Gasteiger partial charge in [-0.15, -0.1) is 0 Å². The van der Waals surface area contributed by atoms with E-state index in [9.17, 15) is 0 Å². The summed E-state index contributed by atoms with van der Waals surface area (Å²) >= 11 is 0. The van der Waals surface area contributed by atoms with Gasteiger partial charge in [0.1, 0.15) is 17.2 Å². The number of fused-ring (bicyclic) bond motifs is 1. The van der Waals surface area contributed by atoms with Crippen LogP contribution in [0.5, 0.6) is 17.2 Å². The molecule has 0 bridgehead atoms. The molecule has 2 heterocycles. The van der Waals surface area contributed by atoms with Crippen molar-refractivity contribution in [1.82, 2.24) is 4.98 Å². The number of hydrogen-bond donors (Lipinski definition) is 1. The first kappa shape index (κ1) is 11.8. The molecule has 0 fully saturated rings. The second-order valence-corrected chi connectivity index (χ2v) is 5.30. The minimum Gasteiger partial charge on any atom is -0.483 e. The van der Waals surface area contributed by atoms with Gasteiger partial charge in [-0.05, 0) is 32.0 Å². The summed E-state index contributed by atoms with van der Waals surface area (Å²) in [5.41, 5.74) is 6.55. The minimum atomic E-state index is -0.179. The van der Waals surface area contributed by atoms with Gasteiger partial charge in [-0.1, -0.05) is 12.1 Å². The standard InChI is InChI=1S/C15H16N2O2/c1-15(2)8-10-4-3-5-12(14(10)19-15)18-11-6-7-13(16)17-9-11/h3-7,9H,8H2,1-2H3,(H2,16,17). The van der Waals surface area contributed by atoms with Crippen LogP contribution in [0.25, 0.3) is 0 Å². The SMILES string of the molecule is CC1(C)Cc2cccc(Oc3ccc(N)nc3)c2O1. The van der Waals surface area contributed by atoms with E-state index in [1.807, 2.05) is 12.1 Å². The maximum Gasteiger partial charge on any atom is 0.169 e. The van der Waals surface area contributed by atoms with Crippen LogP contribution in [0.3, 0.4) is 0 Å². The fourth-order valence-corrected chi connectivity index (χ4v) is 2.25. The van der Waals surface area contributed by atoms with Crippen molar-refractivity contribution in [2.45, 2.75) is 25.9 Å². The Labute approximate surface area is 112 Å². The van der Waals surface area contributed by atoms with E-state index in [-0.39, 0.29) is 5.60 Å². The monoisotopic (exact) mass is 256 g/mol. The number of benzene rings is 1. The van der Waals surface area contributed by atoms with Crippen molar-refractivity contribution in [3.05, 3.63) is 42.1 Å². The summed E-state index contributed by atoms with van der Waals surface area (Å²) in [5.74, 6) is 2.66. The second kappa shape index (κ2) is 4.16. The number of pyridine rings is 1. The molecule has 0 radical (unpaired) electrons. The summed E-state index contributed by atoms with van der Waals surface area (Å²) in [4.78, 5) is 4.01.